The number of nitrogens with one attached hydrogen (secondary N) is 1. The third-order valence-electron chi connectivity index (χ3n) is 4.20. The number of anilines is 1. The molecule has 1 amide bonds. The summed E-state index contributed by atoms with van der Waals surface area (Å²) in [5.74, 6) is -2.38. The maximum Gasteiger partial charge on any atom is 0.341 e. The highest BCUT2D eigenvalue weighted by Gasteiger charge is 2.19. The van der Waals surface area contributed by atoms with Gasteiger partial charge in [-0.1, -0.05) is 26.0 Å². The van der Waals surface area contributed by atoms with Crippen LogP contribution in [0.2, 0.25) is 0 Å². The fourth-order valence-corrected chi connectivity index (χ4v) is 2.91. The normalized spacial score (nSPS) is 12.3. The zero-order valence-electron chi connectivity index (χ0n) is 15.4. The van der Waals surface area contributed by atoms with Crippen molar-refractivity contribution < 1.29 is 27.1 Å². The van der Waals surface area contributed by atoms with Gasteiger partial charge in [0.1, 0.15) is 5.82 Å². The molecular weight excluding hydrogens is 387 g/mol. The van der Waals surface area contributed by atoms with Gasteiger partial charge in [-0.25, -0.2) is 22.7 Å². The number of esters is 1. The van der Waals surface area contributed by atoms with Crippen molar-refractivity contribution in [2.24, 2.45) is 5.14 Å². The summed E-state index contributed by atoms with van der Waals surface area (Å²) in [6.45, 7) is 3.51. The first-order chi connectivity index (χ1) is 13.1. The van der Waals surface area contributed by atoms with Crippen LogP contribution in [0.1, 0.15) is 42.1 Å². The molecule has 3 N–H and O–H groups in total. The van der Waals surface area contributed by atoms with Gasteiger partial charge >= 0.3 is 5.97 Å². The molecule has 9 heteroatoms. The molecule has 0 aliphatic rings. The van der Waals surface area contributed by atoms with Crippen LogP contribution in [0.5, 0.6) is 0 Å². The van der Waals surface area contributed by atoms with E-state index >= 15 is 0 Å². The zero-order valence-corrected chi connectivity index (χ0v) is 16.3. The van der Waals surface area contributed by atoms with Crippen LogP contribution in [0.3, 0.4) is 0 Å². The van der Waals surface area contributed by atoms with Crippen LogP contribution in [0.4, 0.5) is 10.1 Å². The summed E-state index contributed by atoms with van der Waals surface area (Å²) in [5, 5.41) is 7.51. The van der Waals surface area contributed by atoms with Gasteiger partial charge in [0.2, 0.25) is 10.0 Å². The van der Waals surface area contributed by atoms with E-state index in [1.54, 1.807) is 12.1 Å². The number of ether oxygens (including phenoxy) is 1. The van der Waals surface area contributed by atoms with E-state index < -0.39 is 44.8 Å². The molecule has 150 valence electrons. The molecule has 0 aliphatic heterocycles. The first-order valence-electron chi connectivity index (χ1n) is 8.51. The van der Waals surface area contributed by atoms with E-state index in [-0.39, 0.29) is 0 Å². The predicted molar refractivity (Wildman–Crippen MR) is 102 cm³/mol. The molecule has 0 aliphatic carbocycles. The van der Waals surface area contributed by atoms with Crippen LogP contribution in [-0.2, 0) is 19.6 Å². The van der Waals surface area contributed by atoms with Crippen molar-refractivity contribution in [3.05, 3.63) is 59.4 Å². The molecule has 0 unspecified atom stereocenters. The van der Waals surface area contributed by atoms with Crippen molar-refractivity contribution in [1.82, 2.24) is 0 Å². The molecule has 0 aromatic heterocycles. The van der Waals surface area contributed by atoms with Gasteiger partial charge in [-0.2, -0.15) is 0 Å². The number of primary sulfonamides is 1. The molecule has 0 saturated heterocycles. The van der Waals surface area contributed by atoms with Crippen LogP contribution in [0.25, 0.3) is 0 Å². The highest BCUT2D eigenvalue weighted by Crippen LogP contribution is 2.20. The Labute approximate surface area is 162 Å². The Balaban J connectivity index is 1.98. The van der Waals surface area contributed by atoms with Crippen LogP contribution < -0.4 is 10.5 Å². The van der Waals surface area contributed by atoms with Gasteiger partial charge in [-0.3, -0.25) is 4.79 Å². The Kier molecular flexibility index (Phi) is 6.87. The van der Waals surface area contributed by atoms with Gasteiger partial charge in [0, 0.05) is 5.69 Å². The SMILES string of the molecule is CC[C@@H](C)c1ccc(NC(=O)COC(=O)c2cc(S(N)(=O)=O)ccc2F)cc1. The Morgan fingerprint density at radius 3 is 2.39 bits per heavy atom. The molecule has 0 radical (unpaired) electrons. The fourth-order valence-electron chi connectivity index (χ4n) is 2.37. The standard InChI is InChI=1S/C19H21FN2O5S/c1-3-12(2)13-4-6-14(7-5-13)22-18(23)11-27-19(24)16-10-15(28(21,25)26)8-9-17(16)20/h4-10,12H,3,11H2,1-2H3,(H,22,23)(H2,21,25,26)/t12-/m1/s1. The first kappa shape index (κ1) is 21.5. The molecule has 7 nitrogen and oxygen atoms in total. The van der Waals surface area contributed by atoms with Gasteiger partial charge in [0.15, 0.2) is 6.61 Å². The number of carbonyl (C=O) groups excluding carboxylic acids is 2. The van der Waals surface area contributed by atoms with Gasteiger partial charge in [-0.15, -0.1) is 0 Å². The lowest BCUT2D eigenvalue weighted by atomic mass is 9.99. The topological polar surface area (TPSA) is 116 Å². The number of rotatable bonds is 7. The Morgan fingerprint density at radius 1 is 1.18 bits per heavy atom. The number of halogens is 1. The molecule has 0 fully saturated rings. The smallest absolute Gasteiger partial charge is 0.341 e. The number of benzene rings is 2. The number of nitrogens with two attached hydrogens (primary N) is 1. The second-order valence-electron chi connectivity index (χ2n) is 6.24. The lowest BCUT2D eigenvalue weighted by Gasteiger charge is -2.11. The number of hydrogen-bond donors (Lipinski definition) is 2. The van der Waals surface area contributed by atoms with Gasteiger partial charge < -0.3 is 10.1 Å². The first-order valence-corrected chi connectivity index (χ1v) is 10.1. The second kappa shape index (κ2) is 8.94. The molecule has 0 bridgehead atoms. The van der Waals surface area contributed by atoms with Gasteiger partial charge in [0.25, 0.3) is 5.91 Å². The second-order valence-corrected chi connectivity index (χ2v) is 7.80. The largest absolute Gasteiger partial charge is 0.452 e. The lowest BCUT2D eigenvalue weighted by molar-refractivity contribution is -0.119. The van der Waals surface area contributed by atoms with Gasteiger partial charge in [-0.05, 0) is 48.2 Å². The van der Waals surface area contributed by atoms with Crippen molar-refractivity contribution in [2.75, 3.05) is 11.9 Å². The fraction of sp³-hybridized carbons (Fsp3) is 0.263. The van der Waals surface area contributed by atoms with Crippen LogP contribution >= 0.6 is 0 Å². The number of carbonyl (C=O) groups is 2. The predicted octanol–water partition coefficient (Wildman–Crippen LogP) is 2.78. The van der Waals surface area contributed by atoms with Crippen LogP contribution in [-0.4, -0.2) is 26.9 Å². The van der Waals surface area contributed by atoms with E-state index in [1.165, 1.54) is 0 Å². The van der Waals surface area contributed by atoms with Crippen LogP contribution in [0, 0.1) is 5.82 Å². The minimum atomic E-state index is -4.11. The van der Waals surface area contributed by atoms with Crippen molar-refractivity contribution in [3.63, 3.8) is 0 Å². The molecule has 0 saturated carbocycles. The molecule has 0 spiro atoms. The maximum atomic E-state index is 13.8. The van der Waals surface area contributed by atoms with Crippen molar-refractivity contribution >= 4 is 27.6 Å². The zero-order chi connectivity index (χ0) is 20.9. The summed E-state index contributed by atoms with van der Waals surface area (Å²) < 4.78 is 41.2. The molecule has 1 atom stereocenters. The van der Waals surface area contributed by atoms with Crippen molar-refractivity contribution in [2.45, 2.75) is 31.1 Å². The highest BCUT2D eigenvalue weighted by atomic mass is 32.2. The number of amides is 1. The van der Waals surface area contributed by atoms with Crippen LogP contribution in [0.15, 0.2) is 47.4 Å². The van der Waals surface area contributed by atoms with Gasteiger partial charge in [0.05, 0.1) is 10.5 Å². The average molecular weight is 408 g/mol. The number of sulfonamides is 1. The van der Waals surface area contributed by atoms with E-state index in [4.69, 9.17) is 9.88 Å². The minimum Gasteiger partial charge on any atom is -0.452 e. The third-order valence-corrected chi connectivity index (χ3v) is 5.11. The van der Waals surface area contributed by atoms with E-state index in [0.29, 0.717) is 11.6 Å². The summed E-state index contributed by atoms with van der Waals surface area (Å²) >= 11 is 0. The van der Waals surface area contributed by atoms with Crippen molar-refractivity contribution in [3.8, 4) is 0 Å². The molecule has 2 aromatic rings. The van der Waals surface area contributed by atoms with E-state index in [1.807, 2.05) is 12.1 Å². The van der Waals surface area contributed by atoms with Crippen molar-refractivity contribution in [1.29, 1.82) is 0 Å². The molecular formula is C19H21FN2O5S. The summed E-state index contributed by atoms with van der Waals surface area (Å²) in [5.41, 5.74) is 1.03. The summed E-state index contributed by atoms with van der Waals surface area (Å²) in [4.78, 5) is 23.5. The quantitative estimate of drug-likeness (QED) is 0.684. The monoisotopic (exact) mass is 408 g/mol. The molecule has 2 rings (SSSR count). The molecule has 28 heavy (non-hydrogen) atoms. The summed E-state index contributed by atoms with van der Waals surface area (Å²) in [6.07, 6.45) is 0.991. The third kappa shape index (κ3) is 5.61. The van der Waals surface area contributed by atoms with E-state index in [2.05, 4.69) is 19.2 Å². The summed E-state index contributed by atoms with van der Waals surface area (Å²) in [6, 6.07) is 9.73. The summed E-state index contributed by atoms with van der Waals surface area (Å²) in [7, 11) is -4.11. The number of hydrogen-bond acceptors (Lipinski definition) is 5. The Hall–Kier alpha value is -2.78. The average Bonchev–Trinajstić information content (AvgIpc) is 2.65. The molecule has 2 aromatic carbocycles. The highest BCUT2D eigenvalue weighted by molar-refractivity contribution is 7.89. The van der Waals surface area contributed by atoms with E-state index in [9.17, 15) is 22.4 Å². The lowest BCUT2D eigenvalue weighted by Crippen LogP contribution is -2.22. The minimum absolute atomic E-state index is 0.397. The maximum absolute atomic E-state index is 13.8. The Bertz CT molecular complexity index is 974. The van der Waals surface area contributed by atoms with E-state index in [0.717, 1.165) is 30.2 Å². The molecule has 0 heterocycles. The Morgan fingerprint density at radius 2 is 1.82 bits per heavy atom.